The summed E-state index contributed by atoms with van der Waals surface area (Å²) in [6.07, 6.45) is 5.25. The van der Waals surface area contributed by atoms with Gasteiger partial charge in [-0.1, -0.05) is 27.2 Å². The van der Waals surface area contributed by atoms with Crippen molar-refractivity contribution in [3.05, 3.63) is 0 Å². The summed E-state index contributed by atoms with van der Waals surface area (Å²) < 4.78 is 5.70. The lowest BCUT2D eigenvalue weighted by Crippen LogP contribution is -2.44. The van der Waals surface area contributed by atoms with Gasteiger partial charge in [0.1, 0.15) is 0 Å². The van der Waals surface area contributed by atoms with Crippen molar-refractivity contribution in [2.45, 2.75) is 52.5 Å². The van der Waals surface area contributed by atoms with Gasteiger partial charge in [-0.05, 0) is 38.3 Å². The van der Waals surface area contributed by atoms with Gasteiger partial charge in [0.05, 0.1) is 6.61 Å². The Morgan fingerprint density at radius 2 is 2.11 bits per heavy atom. The van der Waals surface area contributed by atoms with Gasteiger partial charge < -0.3 is 10.1 Å². The maximum atomic E-state index is 5.70. The third-order valence-corrected chi connectivity index (χ3v) is 3.73. The molecule has 1 aliphatic rings. The number of ether oxygens (including phenoxy) is 1. The molecular formula is C15H32N2O. The molecular weight excluding hydrogens is 224 g/mol. The molecule has 108 valence electrons. The van der Waals surface area contributed by atoms with E-state index in [0.717, 1.165) is 32.2 Å². The SMILES string of the molecule is CCN(CCOCCC(C)C)CC1CCCCN1. The Bertz CT molecular complexity index is 191. The molecule has 1 saturated heterocycles. The first-order valence-corrected chi connectivity index (χ1v) is 7.75. The zero-order valence-electron chi connectivity index (χ0n) is 12.6. The van der Waals surface area contributed by atoms with Crippen LogP contribution in [0.4, 0.5) is 0 Å². The highest BCUT2D eigenvalue weighted by molar-refractivity contribution is 4.75. The number of nitrogens with one attached hydrogen (secondary N) is 1. The minimum atomic E-state index is 0.703. The van der Waals surface area contributed by atoms with E-state index >= 15 is 0 Å². The Hall–Kier alpha value is -0.120. The highest BCUT2D eigenvalue weighted by atomic mass is 16.5. The van der Waals surface area contributed by atoms with Crippen molar-refractivity contribution >= 4 is 0 Å². The quantitative estimate of drug-likeness (QED) is 0.642. The average molecular weight is 256 g/mol. The Morgan fingerprint density at radius 3 is 2.72 bits per heavy atom. The second kappa shape index (κ2) is 9.76. The molecule has 1 rings (SSSR count). The number of likely N-dealkylation sites (N-methyl/N-ethyl adjacent to an activating group) is 1. The predicted molar refractivity (Wildman–Crippen MR) is 78.0 cm³/mol. The van der Waals surface area contributed by atoms with Crippen molar-refractivity contribution in [2.75, 3.05) is 39.4 Å². The second-order valence-electron chi connectivity index (χ2n) is 5.83. The topological polar surface area (TPSA) is 24.5 Å². The second-order valence-corrected chi connectivity index (χ2v) is 5.83. The van der Waals surface area contributed by atoms with Crippen LogP contribution in [0, 0.1) is 5.92 Å². The Balaban J connectivity index is 2.05. The smallest absolute Gasteiger partial charge is 0.0593 e. The molecule has 0 radical (unpaired) electrons. The number of nitrogens with zero attached hydrogens (tertiary/aromatic N) is 1. The molecule has 1 heterocycles. The molecule has 0 bridgehead atoms. The Kier molecular flexibility index (Phi) is 8.64. The minimum absolute atomic E-state index is 0.703. The van der Waals surface area contributed by atoms with E-state index in [4.69, 9.17) is 4.74 Å². The van der Waals surface area contributed by atoms with E-state index in [2.05, 4.69) is 31.0 Å². The number of hydrogen-bond acceptors (Lipinski definition) is 3. The number of piperidine rings is 1. The summed E-state index contributed by atoms with van der Waals surface area (Å²) in [5.74, 6) is 0.749. The summed E-state index contributed by atoms with van der Waals surface area (Å²) in [5, 5.41) is 3.62. The maximum Gasteiger partial charge on any atom is 0.0593 e. The first-order chi connectivity index (χ1) is 8.72. The highest BCUT2D eigenvalue weighted by Gasteiger charge is 2.15. The lowest BCUT2D eigenvalue weighted by Gasteiger charge is -2.29. The van der Waals surface area contributed by atoms with E-state index in [1.54, 1.807) is 0 Å². The fourth-order valence-electron chi connectivity index (χ4n) is 2.38. The van der Waals surface area contributed by atoms with Crippen LogP contribution in [0.25, 0.3) is 0 Å². The van der Waals surface area contributed by atoms with Gasteiger partial charge >= 0.3 is 0 Å². The molecule has 18 heavy (non-hydrogen) atoms. The van der Waals surface area contributed by atoms with Gasteiger partial charge in [-0.15, -0.1) is 0 Å². The first-order valence-electron chi connectivity index (χ1n) is 7.75. The number of hydrogen-bond donors (Lipinski definition) is 1. The summed E-state index contributed by atoms with van der Waals surface area (Å²) in [4.78, 5) is 2.51. The first kappa shape index (κ1) is 15.9. The minimum Gasteiger partial charge on any atom is -0.380 e. The van der Waals surface area contributed by atoms with Crippen molar-refractivity contribution in [1.29, 1.82) is 0 Å². The van der Waals surface area contributed by atoms with Crippen LogP contribution in [0.3, 0.4) is 0 Å². The van der Waals surface area contributed by atoms with E-state index in [1.165, 1.54) is 38.8 Å². The van der Waals surface area contributed by atoms with E-state index in [0.29, 0.717) is 6.04 Å². The standard InChI is InChI=1S/C15H32N2O/c1-4-17(10-12-18-11-8-14(2)3)13-15-7-5-6-9-16-15/h14-16H,4-13H2,1-3H3. The fourth-order valence-corrected chi connectivity index (χ4v) is 2.38. The van der Waals surface area contributed by atoms with Crippen LogP contribution in [0.1, 0.15) is 46.5 Å². The van der Waals surface area contributed by atoms with Gasteiger partial charge in [0.2, 0.25) is 0 Å². The molecule has 0 aliphatic carbocycles. The largest absolute Gasteiger partial charge is 0.380 e. The summed E-state index contributed by atoms with van der Waals surface area (Å²) in [5.41, 5.74) is 0. The van der Waals surface area contributed by atoms with Crippen molar-refractivity contribution in [3.63, 3.8) is 0 Å². The molecule has 3 heteroatoms. The van der Waals surface area contributed by atoms with Gasteiger partial charge in [0.15, 0.2) is 0 Å². The lowest BCUT2D eigenvalue weighted by atomic mass is 10.0. The number of rotatable bonds is 9. The van der Waals surface area contributed by atoms with Gasteiger partial charge in [-0.3, -0.25) is 4.90 Å². The van der Waals surface area contributed by atoms with Crippen LogP contribution in [-0.4, -0.2) is 50.3 Å². The monoisotopic (exact) mass is 256 g/mol. The van der Waals surface area contributed by atoms with Gasteiger partial charge in [-0.2, -0.15) is 0 Å². The summed E-state index contributed by atoms with van der Waals surface area (Å²) >= 11 is 0. The van der Waals surface area contributed by atoms with Gasteiger partial charge in [-0.25, -0.2) is 0 Å². The zero-order valence-corrected chi connectivity index (χ0v) is 12.6. The molecule has 0 aromatic rings. The van der Waals surface area contributed by atoms with Crippen molar-refractivity contribution in [2.24, 2.45) is 5.92 Å². The van der Waals surface area contributed by atoms with Crippen molar-refractivity contribution < 1.29 is 4.74 Å². The van der Waals surface area contributed by atoms with Crippen molar-refractivity contribution in [1.82, 2.24) is 10.2 Å². The predicted octanol–water partition coefficient (Wildman–Crippen LogP) is 2.51. The summed E-state index contributed by atoms with van der Waals surface area (Å²) in [6.45, 7) is 13.1. The molecule has 1 fully saturated rings. The molecule has 1 N–H and O–H groups in total. The third kappa shape index (κ3) is 7.34. The molecule has 0 saturated carbocycles. The average Bonchev–Trinajstić information content (AvgIpc) is 2.38. The summed E-state index contributed by atoms with van der Waals surface area (Å²) in [7, 11) is 0. The van der Waals surface area contributed by atoms with E-state index in [-0.39, 0.29) is 0 Å². The van der Waals surface area contributed by atoms with Gasteiger partial charge in [0.25, 0.3) is 0 Å². The Labute approximate surface area is 113 Å². The van der Waals surface area contributed by atoms with Crippen LogP contribution in [-0.2, 0) is 4.74 Å². The van der Waals surface area contributed by atoms with E-state index in [9.17, 15) is 0 Å². The molecule has 1 atom stereocenters. The molecule has 3 nitrogen and oxygen atoms in total. The molecule has 0 spiro atoms. The molecule has 0 aromatic carbocycles. The molecule has 1 aliphatic heterocycles. The molecule has 0 aromatic heterocycles. The summed E-state index contributed by atoms with van der Waals surface area (Å²) in [6, 6.07) is 0.703. The van der Waals surface area contributed by atoms with Crippen LogP contribution in [0.5, 0.6) is 0 Å². The van der Waals surface area contributed by atoms with E-state index in [1.807, 2.05) is 0 Å². The molecule has 1 unspecified atom stereocenters. The van der Waals surface area contributed by atoms with Crippen LogP contribution < -0.4 is 5.32 Å². The van der Waals surface area contributed by atoms with Crippen molar-refractivity contribution in [3.8, 4) is 0 Å². The molecule has 0 amide bonds. The van der Waals surface area contributed by atoms with Gasteiger partial charge in [0, 0.05) is 25.7 Å². The lowest BCUT2D eigenvalue weighted by molar-refractivity contribution is 0.0930. The third-order valence-electron chi connectivity index (χ3n) is 3.73. The highest BCUT2D eigenvalue weighted by Crippen LogP contribution is 2.08. The normalized spacial score (nSPS) is 20.8. The van der Waals surface area contributed by atoms with Crippen LogP contribution in [0.15, 0.2) is 0 Å². The van der Waals surface area contributed by atoms with Crippen LogP contribution >= 0.6 is 0 Å². The van der Waals surface area contributed by atoms with E-state index < -0.39 is 0 Å². The zero-order chi connectivity index (χ0) is 13.2. The fraction of sp³-hybridized carbons (Fsp3) is 1.00. The Morgan fingerprint density at radius 1 is 1.28 bits per heavy atom. The van der Waals surface area contributed by atoms with Crippen LogP contribution in [0.2, 0.25) is 0 Å². The maximum absolute atomic E-state index is 5.70.